The summed E-state index contributed by atoms with van der Waals surface area (Å²) in [5.74, 6) is 0. The molecular weight excluding hydrogens is 282 g/mol. The van der Waals surface area contributed by atoms with Gasteiger partial charge < -0.3 is 5.32 Å². The van der Waals surface area contributed by atoms with Gasteiger partial charge in [0.2, 0.25) is 0 Å². The van der Waals surface area contributed by atoms with Crippen molar-refractivity contribution in [3.63, 3.8) is 0 Å². The van der Waals surface area contributed by atoms with Crippen molar-refractivity contribution in [2.75, 3.05) is 6.54 Å². The quantitative estimate of drug-likeness (QED) is 0.761. The van der Waals surface area contributed by atoms with Gasteiger partial charge in [0.1, 0.15) is 0 Å². The molecule has 3 heterocycles. The first kappa shape index (κ1) is 14.3. The number of nitrogens with one attached hydrogen (secondary N) is 1. The minimum Gasteiger partial charge on any atom is -0.310 e. The first-order valence-electron chi connectivity index (χ1n) is 7.38. The van der Waals surface area contributed by atoms with Crippen LogP contribution in [0.3, 0.4) is 0 Å². The molecule has 1 atom stereocenters. The number of fused-ring (bicyclic) bond motifs is 1. The summed E-state index contributed by atoms with van der Waals surface area (Å²) in [5, 5.41) is 10.2. The third-order valence-electron chi connectivity index (χ3n) is 3.65. The van der Waals surface area contributed by atoms with Crippen molar-refractivity contribution in [2.45, 2.75) is 32.7 Å². The second-order valence-corrected chi connectivity index (χ2v) is 6.07. The lowest BCUT2D eigenvalue weighted by atomic mass is 10.0. The maximum absolute atomic E-state index is 4.70. The standard InChI is InChI=1S/C15H21N5S/c1-4-13-12(10-19(3)18-13)14(16-5-2)8-11-9-20-6-7-21-15(20)17-11/h6-7,9-10,14,16H,4-5,8H2,1-3H3. The molecule has 0 radical (unpaired) electrons. The van der Waals surface area contributed by atoms with E-state index in [4.69, 9.17) is 4.98 Å². The zero-order chi connectivity index (χ0) is 14.8. The Bertz CT molecular complexity index is 695. The molecule has 112 valence electrons. The first-order valence-corrected chi connectivity index (χ1v) is 8.26. The smallest absolute Gasteiger partial charge is 0.193 e. The third-order valence-corrected chi connectivity index (χ3v) is 4.43. The predicted octanol–water partition coefficient (Wildman–Crippen LogP) is 2.59. The lowest BCUT2D eigenvalue weighted by Gasteiger charge is -2.16. The summed E-state index contributed by atoms with van der Waals surface area (Å²) in [7, 11) is 1.98. The molecule has 0 aliphatic rings. The Morgan fingerprint density at radius 1 is 1.33 bits per heavy atom. The highest BCUT2D eigenvalue weighted by Gasteiger charge is 2.19. The van der Waals surface area contributed by atoms with E-state index in [2.05, 4.69) is 52.6 Å². The van der Waals surface area contributed by atoms with Crippen LogP contribution in [0, 0.1) is 0 Å². The fraction of sp³-hybridized carbons (Fsp3) is 0.467. The molecule has 1 N–H and O–H groups in total. The highest BCUT2D eigenvalue weighted by molar-refractivity contribution is 7.15. The highest BCUT2D eigenvalue weighted by Crippen LogP contribution is 2.22. The van der Waals surface area contributed by atoms with Crippen LogP contribution in [0.15, 0.2) is 24.0 Å². The van der Waals surface area contributed by atoms with Gasteiger partial charge in [-0.1, -0.05) is 13.8 Å². The van der Waals surface area contributed by atoms with Crippen LogP contribution >= 0.6 is 11.3 Å². The maximum atomic E-state index is 4.70. The van der Waals surface area contributed by atoms with Crippen LogP contribution in [-0.2, 0) is 19.9 Å². The average molecular weight is 303 g/mol. The zero-order valence-corrected chi connectivity index (χ0v) is 13.5. The second-order valence-electron chi connectivity index (χ2n) is 5.20. The Morgan fingerprint density at radius 2 is 2.19 bits per heavy atom. The molecule has 0 amide bonds. The molecule has 3 aromatic heterocycles. The molecule has 0 aliphatic heterocycles. The van der Waals surface area contributed by atoms with Gasteiger partial charge in [-0.3, -0.25) is 9.08 Å². The second kappa shape index (κ2) is 5.99. The molecule has 3 rings (SSSR count). The minimum atomic E-state index is 0.267. The molecule has 0 saturated heterocycles. The molecule has 5 nitrogen and oxygen atoms in total. The van der Waals surface area contributed by atoms with Gasteiger partial charge in [-0.05, 0) is 13.0 Å². The monoisotopic (exact) mass is 303 g/mol. The molecule has 0 aliphatic carbocycles. The lowest BCUT2D eigenvalue weighted by Crippen LogP contribution is -2.23. The molecule has 6 heteroatoms. The SMILES string of the molecule is CCNC(Cc1cn2ccsc2n1)c1cn(C)nc1CC. The normalized spacial score (nSPS) is 13.1. The fourth-order valence-electron chi connectivity index (χ4n) is 2.74. The summed E-state index contributed by atoms with van der Waals surface area (Å²) >= 11 is 1.67. The fourth-order valence-corrected chi connectivity index (χ4v) is 3.46. The van der Waals surface area contributed by atoms with E-state index < -0.39 is 0 Å². The Balaban J connectivity index is 1.88. The maximum Gasteiger partial charge on any atom is 0.193 e. The Hall–Kier alpha value is -1.66. The first-order chi connectivity index (χ1) is 10.2. The van der Waals surface area contributed by atoms with Crippen molar-refractivity contribution < 1.29 is 0 Å². The summed E-state index contributed by atoms with van der Waals surface area (Å²) in [4.78, 5) is 5.75. The van der Waals surface area contributed by atoms with E-state index in [1.54, 1.807) is 11.3 Å². The Labute approximate surface area is 128 Å². The van der Waals surface area contributed by atoms with Crippen LogP contribution in [0.4, 0.5) is 0 Å². The molecule has 0 bridgehead atoms. The lowest BCUT2D eigenvalue weighted by molar-refractivity contribution is 0.541. The van der Waals surface area contributed by atoms with E-state index >= 15 is 0 Å². The molecular formula is C15H21N5S. The Kier molecular flexibility index (Phi) is 4.07. The van der Waals surface area contributed by atoms with Gasteiger partial charge >= 0.3 is 0 Å². The van der Waals surface area contributed by atoms with Crippen LogP contribution in [0.5, 0.6) is 0 Å². The zero-order valence-electron chi connectivity index (χ0n) is 12.7. The number of imidazole rings is 1. The van der Waals surface area contributed by atoms with Gasteiger partial charge in [0, 0.05) is 49.0 Å². The summed E-state index contributed by atoms with van der Waals surface area (Å²) in [5.41, 5.74) is 3.58. The Morgan fingerprint density at radius 3 is 2.90 bits per heavy atom. The summed E-state index contributed by atoms with van der Waals surface area (Å²) in [6, 6.07) is 0.267. The predicted molar refractivity (Wildman–Crippen MR) is 85.8 cm³/mol. The number of thiazole rings is 1. The number of likely N-dealkylation sites (N-methyl/N-ethyl adjacent to an activating group) is 1. The molecule has 0 saturated carbocycles. The van der Waals surface area contributed by atoms with Gasteiger partial charge in [0.15, 0.2) is 4.96 Å². The van der Waals surface area contributed by atoms with Gasteiger partial charge in [-0.2, -0.15) is 5.10 Å². The van der Waals surface area contributed by atoms with E-state index in [1.807, 2.05) is 11.7 Å². The summed E-state index contributed by atoms with van der Waals surface area (Å²) in [6.07, 6.45) is 8.15. The molecule has 3 aromatic rings. The molecule has 1 unspecified atom stereocenters. The van der Waals surface area contributed by atoms with Crippen LogP contribution < -0.4 is 5.32 Å². The van der Waals surface area contributed by atoms with Crippen molar-refractivity contribution in [1.29, 1.82) is 0 Å². The number of rotatable bonds is 6. The third kappa shape index (κ3) is 2.87. The van der Waals surface area contributed by atoms with Crippen molar-refractivity contribution >= 4 is 16.3 Å². The molecule has 0 fully saturated rings. The van der Waals surface area contributed by atoms with Gasteiger partial charge in [-0.25, -0.2) is 4.98 Å². The number of hydrogen-bond donors (Lipinski definition) is 1. The summed E-state index contributed by atoms with van der Waals surface area (Å²) in [6.45, 7) is 5.23. The molecule has 0 aromatic carbocycles. The van der Waals surface area contributed by atoms with Crippen LogP contribution in [0.2, 0.25) is 0 Å². The molecule has 0 spiro atoms. The number of nitrogens with zero attached hydrogens (tertiary/aromatic N) is 4. The van der Waals surface area contributed by atoms with E-state index in [9.17, 15) is 0 Å². The van der Waals surface area contributed by atoms with E-state index in [1.165, 1.54) is 11.3 Å². The van der Waals surface area contributed by atoms with Crippen molar-refractivity contribution in [1.82, 2.24) is 24.5 Å². The largest absolute Gasteiger partial charge is 0.310 e. The number of aryl methyl sites for hydroxylation is 2. The highest BCUT2D eigenvalue weighted by atomic mass is 32.1. The number of aromatic nitrogens is 4. The average Bonchev–Trinajstić information content (AvgIpc) is 3.11. The summed E-state index contributed by atoms with van der Waals surface area (Å²) < 4.78 is 4.00. The van der Waals surface area contributed by atoms with E-state index in [0.717, 1.165) is 30.0 Å². The molecule has 21 heavy (non-hydrogen) atoms. The van der Waals surface area contributed by atoms with Gasteiger partial charge in [0.05, 0.1) is 11.4 Å². The topological polar surface area (TPSA) is 47.1 Å². The van der Waals surface area contributed by atoms with Crippen LogP contribution in [0.1, 0.15) is 36.8 Å². The van der Waals surface area contributed by atoms with E-state index in [0.29, 0.717) is 0 Å². The van der Waals surface area contributed by atoms with E-state index in [-0.39, 0.29) is 6.04 Å². The number of hydrogen-bond acceptors (Lipinski definition) is 4. The van der Waals surface area contributed by atoms with Crippen molar-refractivity contribution in [3.8, 4) is 0 Å². The van der Waals surface area contributed by atoms with Crippen molar-refractivity contribution in [2.24, 2.45) is 7.05 Å². The van der Waals surface area contributed by atoms with Gasteiger partial charge in [-0.15, -0.1) is 11.3 Å². The van der Waals surface area contributed by atoms with Crippen LogP contribution in [0.25, 0.3) is 4.96 Å². The van der Waals surface area contributed by atoms with Crippen LogP contribution in [-0.4, -0.2) is 25.7 Å². The van der Waals surface area contributed by atoms with Gasteiger partial charge in [0.25, 0.3) is 0 Å². The van der Waals surface area contributed by atoms with Crippen molar-refractivity contribution in [3.05, 3.63) is 40.9 Å². The minimum absolute atomic E-state index is 0.267.